The minimum Gasteiger partial charge on any atom is -0.370 e. The number of guanidine groups is 1. The molecule has 0 bridgehead atoms. The fourth-order valence-corrected chi connectivity index (χ4v) is 2.28. The zero-order valence-electron chi connectivity index (χ0n) is 12.0. The van der Waals surface area contributed by atoms with Gasteiger partial charge in [-0.15, -0.1) is 24.0 Å². The highest BCUT2D eigenvalue weighted by Crippen LogP contribution is 2.26. The van der Waals surface area contributed by atoms with Crippen molar-refractivity contribution in [1.29, 1.82) is 0 Å². The lowest BCUT2D eigenvalue weighted by atomic mass is 10.00. The van der Waals surface area contributed by atoms with Crippen LogP contribution in [0.3, 0.4) is 0 Å². The van der Waals surface area contributed by atoms with E-state index in [4.69, 9.17) is 10.3 Å². The van der Waals surface area contributed by atoms with Crippen LogP contribution in [-0.2, 0) is 0 Å². The molecule has 108 valence electrons. The third kappa shape index (κ3) is 3.84. The van der Waals surface area contributed by atoms with Gasteiger partial charge in [0.15, 0.2) is 5.96 Å². The number of aliphatic imine (C=N–C) groups is 1. The monoisotopic (exact) mass is 378 g/mol. The zero-order chi connectivity index (χ0) is 13.3. The molecular weight excluding hydrogens is 355 g/mol. The summed E-state index contributed by atoms with van der Waals surface area (Å²) in [7, 11) is 2.01. The molecule has 1 heterocycles. The third-order valence-electron chi connectivity index (χ3n) is 3.56. The molecule has 0 aromatic carbocycles. The van der Waals surface area contributed by atoms with Crippen LogP contribution in [0.2, 0.25) is 0 Å². The molecule has 1 fully saturated rings. The zero-order valence-corrected chi connectivity index (χ0v) is 14.3. The van der Waals surface area contributed by atoms with Gasteiger partial charge in [0.2, 0.25) is 0 Å². The number of hydrogen-bond donors (Lipinski definition) is 1. The number of nitrogens with two attached hydrogens (primary N) is 1. The molecule has 2 N–H and O–H groups in total. The molecule has 1 aromatic heterocycles. The van der Waals surface area contributed by atoms with E-state index in [1.165, 1.54) is 12.8 Å². The van der Waals surface area contributed by atoms with Crippen molar-refractivity contribution in [3.05, 3.63) is 17.0 Å². The topological polar surface area (TPSA) is 67.6 Å². The van der Waals surface area contributed by atoms with Gasteiger partial charge >= 0.3 is 0 Å². The Morgan fingerprint density at radius 3 is 2.63 bits per heavy atom. The Labute approximate surface area is 131 Å². The number of nitrogens with zero attached hydrogens (tertiary/aromatic N) is 3. The first kappa shape index (κ1) is 16.3. The van der Waals surface area contributed by atoms with Crippen LogP contribution in [0.1, 0.15) is 42.7 Å². The van der Waals surface area contributed by atoms with Crippen LogP contribution in [0.15, 0.2) is 9.52 Å². The molecule has 0 aliphatic heterocycles. The molecule has 1 atom stereocenters. The molecule has 6 heteroatoms. The third-order valence-corrected chi connectivity index (χ3v) is 3.56. The first-order valence-electron chi connectivity index (χ1n) is 6.46. The van der Waals surface area contributed by atoms with Crippen molar-refractivity contribution >= 4 is 29.9 Å². The van der Waals surface area contributed by atoms with E-state index in [0.29, 0.717) is 18.5 Å². The summed E-state index contributed by atoms with van der Waals surface area (Å²) in [6.07, 6.45) is 2.46. The average molecular weight is 378 g/mol. The summed E-state index contributed by atoms with van der Waals surface area (Å²) in [5, 5.41) is 3.97. The minimum atomic E-state index is 0. The Balaban J connectivity index is 0.00000180. The van der Waals surface area contributed by atoms with Crippen molar-refractivity contribution in [2.45, 2.75) is 45.6 Å². The molecule has 1 aliphatic rings. The SMILES string of the molecule is Cc1noc(C)c1C(C)CN=C(N)N(C)C1CC1.I. The summed E-state index contributed by atoms with van der Waals surface area (Å²) < 4.78 is 5.18. The van der Waals surface area contributed by atoms with E-state index in [-0.39, 0.29) is 29.9 Å². The molecule has 1 aromatic rings. The van der Waals surface area contributed by atoms with Gasteiger partial charge in [-0.2, -0.15) is 0 Å². The van der Waals surface area contributed by atoms with Gasteiger partial charge in [0.05, 0.1) is 5.69 Å². The van der Waals surface area contributed by atoms with Crippen molar-refractivity contribution < 1.29 is 4.52 Å². The maximum absolute atomic E-state index is 5.97. The highest BCUT2D eigenvalue weighted by molar-refractivity contribution is 14.0. The molecule has 1 saturated carbocycles. The predicted molar refractivity (Wildman–Crippen MR) is 87.1 cm³/mol. The van der Waals surface area contributed by atoms with E-state index in [9.17, 15) is 0 Å². The summed E-state index contributed by atoms with van der Waals surface area (Å²) in [6, 6.07) is 0.600. The van der Waals surface area contributed by atoms with Crippen LogP contribution in [0.25, 0.3) is 0 Å². The van der Waals surface area contributed by atoms with Crippen molar-refractivity contribution in [3.63, 3.8) is 0 Å². The lowest BCUT2D eigenvalue weighted by Crippen LogP contribution is -2.36. The van der Waals surface area contributed by atoms with Gasteiger partial charge in [-0.05, 0) is 26.7 Å². The Kier molecular flexibility index (Phi) is 5.64. The van der Waals surface area contributed by atoms with Gasteiger partial charge in [-0.25, -0.2) is 0 Å². The van der Waals surface area contributed by atoms with Crippen molar-refractivity contribution in [1.82, 2.24) is 10.1 Å². The number of aromatic nitrogens is 1. The molecule has 2 rings (SSSR count). The van der Waals surface area contributed by atoms with Gasteiger partial charge in [-0.3, -0.25) is 4.99 Å². The largest absolute Gasteiger partial charge is 0.370 e. The maximum Gasteiger partial charge on any atom is 0.191 e. The Morgan fingerprint density at radius 2 is 2.16 bits per heavy atom. The molecule has 1 aliphatic carbocycles. The molecule has 0 spiro atoms. The van der Waals surface area contributed by atoms with Gasteiger partial charge in [-0.1, -0.05) is 12.1 Å². The van der Waals surface area contributed by atoms with Gasteiger partial charge in [0, 0.05) is 31.1 Å². The van der Waals surface area contributed by atoms with Crippen molar-refractivity contribution in [3.8, 4) is 0 Å². The standard InChI is InChI=1S/C13H22N4O.HI/c1-8(12-9(2)16-18-10(12)3)7-15-13(14)17(4)11-5-6-11;/h8,11H,5-7H2,1-4H3,(H2,14,15);1H. The summed E-state index contributed by atoms with van der Waals surface area (Å²) in [4.78, 5) is 6.54. The van der Waals surface area contributed by atoms with E-state index in [0.717, 1.165) is 17.0 Å². The average Bonchev–Trinajstić information content (AvgIpc) is 3.12. The van der Waals surface area contributed by atoms with Gasteiger partial charge < -0.3 is 15.2 Å². The van der Waals surface area contributed by atoms with E-state index in [2.05, 4.69) is 22.0 Å². The highest BCUT2D eigenvalue weighted by Gasteiger charge is 2.27. The summed E-state index contributed by atoms with van der Waals surface area (Å²) in [5.74, 6) is 1.79. The Bertz CT molecular complexity index is 434. The van der Waals surface area contributed by atoms with Crippen LogP contribution in [0.5, 0.6) is 0 Å². The lowest BCUT2D eigenvalue weighted by Gasteiger charge is -2.17. The van der Waals surface area contributed by atoms with Crippen molar-refractivity contribution in [2.75, 3.05) is 13.6 Å². The first-order chi connectivity index (χ1) is 8.50. The molecule has 0 amide bonds. The molecule has 0 radical (unpaired) electrons. The second-order valence-electron chi connectivity index (χ2n) is 5.18. The molecule has 19 heavy (non-hydrogen) atoms. The van der Waals surface area contributed by atoms with Gasteiger partial charge in [0.1, 0.15) is 5.76 Å². The second-order valence-corrected chi connectivity index (χ2v) is 5.18. The van der Waals surface area contributed by atoms with Crippen molar-refractivity contribution in [2.24, 2.45) is 10.7 Å². The summed E-state index contributed by atoms with van der Waals surface area (Å²) in [6.45, 7) is 6.70. The van der Waals surface area contributed by atoms with Crippen LogP contribution >= 0.6 is 24.0 Å². The molecule has 0 saturated heterocycles. The van der Waals surface area contributed by atoms with Crippen LogP contribution < -0.4 is 5.73 Å². The first-order valence-corrected chi connectivity index (χ1v) is 6.46. The number of rotatable bonds is 4. The normalized spacial score (nSPS) is 16.9. The molecule has 5 nitrogen and oxygen atoms in total. The smallest absolute Gasteiger partial charge is 0.191 e. The number of aryl methyl sites for hydroxylation is 2. The van der Waals surface area contributed by atoms with E-state index in [1.54, 1.807) is 0 Å². The number of hydrogen-bond acceptors (Lipinski definition) is 3. The van der Waals surface area contributed by atoms with E-state index in [1.807, 2.05) is 20.9 Å². The van der Waals surface area contributed by atoms with Gasteiger partial charge in [0.25, 0.3) is 0 Å². The molecule has 1 unspecified atom stereocenters. The Morgan fingerprint density at radius 1 is 1.53 bits per heavy atom. The minimum absolute atomic E-state index is 0. The van der Waals surface area contributed by atoms with Crippen LogP contribution in [0, 0.1) is 13.8 Å². The second kappa shape index (κ2) is 6.58. The predicted octanol–water partition coefficient (Wildman–Crippen LogP) is 2.42. The lowest BCUT2D eigenvalue weighted by molar-refractivity contribution is 0.391. The molecular formula is C13H23IN4O. The van der Waals surface area contributed by atoms with Crippen LogP contribution in [0.4, 0.5) is 0 Å². The maximum atomic E-state index is 5.97. The van der Waals surface area contributed by atoms with Crippen LogP contribution in [-0.4, -0.2) is 35.7 Å². The Hall–Kier alpha value is -0.790. The van der Waals surface area contributed by atoms with E-state index >= 15 is 0 Å². The summed E-state index contributed by atoms with van der Waals surface area (Å²) >= 11 is 0. The highest BCUT2D eigenvalue weighted by atomic mass is 127. The fraction of sp³-hybridized carbons (Fsp3) is 0.692. The summed E-state index contributed by atoms with van der Waals surface area (Å²) in [5.41, 5.74) is 8.07. The number of halogens is 1. The quantitative estimate of drug-likeness (QED) is 0.497. The van der Waals surface area contributed by atoms with E-state index < -0.39 is 0 Å². The fourth-order valence-electron chi connectivity index (χ4n) is 2.28.